The third-order valence-electron chi connectivity index (χ3n) is 3.11. The minimum atomic E-state index is -4.39. The van der Waals surface area contributed by atoms with E-state index < -0.39 is 18.5 Å². The molecule has 94 valence electrons. The van der Waals surface area contributed by atoms with Crippen LogP contribution in [0.25, 0.3) is 0 Å². The monoisotopic (exact) mass is 237 g/mol. The molecule has 16 heavy (non-hydrogen) atoms. The van der Waals surface area contributed by atoms with Gasteiger partial charge in [0, 0.05) is 13.1 Å². The minimum absolute atomic E-state index is 0.339. The number of piperidine rings is 1. The van der Waals surface area contributed by atoms with Crippen LogP contribution in [0.3, 0.4) is 0 Å². The largest absolute Gasteiger partial charge is 0.397 e. The van der Waals surface area contributed by atoms with Gasteiger partial charge < -0.3 is 4.90 Å². The summed E-state index contributed by atoms with van der Waals surface area (Å²) in [5, 5.41) is 0. The van der Waals surface area contributed by atoms with Crippen molar-refractivity contribution < 1.29 is 18.0 Å². The minimum Gasteiger partial charge on any atom is -0.342 e. The van der Waals surface area contributed by atoms with Crippen LogP contribution in [0.4, 0.5) is 13.2 Å². The molecule has 0 aromatic carbocycles. The molecule has 0 aliphatic carbocycles. The van der Waals surface area contributed by atoms with E-state index in [4.69, 9.17) is 0 Å². The van der Waals surface area contributed by atoms with Gasteiger partial charge in [0.25, 0.3) is 0 Å². The molecule has 1 rings (SSSR count). The highest BCUT2D eigenvalue weighted by molar-refractivity contribution is 5.76. The summed E-state index contributed by atoms with van der Waals surface area (Å²) in [5.41, 5.74) is 0. The van der Waals surface area contributed by atoms with Gasteiger partial charge in [0.15, 0.2) is 0 Å². The number of hydrogen-bond acceptors (Lipinski definition) is 1. The SMILES string of the molecule is CC(C)[C@@H]1CCCN(C(=O)CC(F)(F)F)C1. The van der Waals surface area contributed by atoms with Crippen molar-refractivity contribution in [2.45, 2.75) is 39.3 Å². The first-order chi connectivity index (χ1) is 7.29. The van der Waals surface area contributed by atoms with Crippen LogP contribution in [0, 0.1) is 11.8 Å². The molecule has 2 nitrogen and oxygen atoms in total. The Morgan fingerprint density at radius 3 is 2.56 bits per heavy atom. The predicted octanol–water partition coefficient (Wildman–Crippen LogP) is 2.83. The quantitative estimate of drug-likeness (QED) is 0.723. The lowest BCUT2D eigenvalue weighted by atomic mass is 9.88. The molecule has 0 aromatic rings. The first-order valence-electron chi connectivity index (χ1n) is 5.64. The summed E-state index contributed by atoms with van der Waals surface area (Å²) < 4.78 is 36.2. The molecule has 1 fully saturated rings. The van der Waals surface area contributed by atoms with Crippen LogP contribution in [0.1, 0.15) is 33.1 Å². The van der Waals surface area contributed by atoms with Crippen molar-refractivity contribution in [1.82, 2.24) is 4.90 Å². The van der Waals surface area contributed by atoms with Gasteiger partial charge in [-0.1, -0.05) is 13.8 Å². The highest BCUT2D eigenvalue weighted by Gasteiger charge is 2.35. The normalized spacial score (nSPS) is 22.6. The third kappa shape index (κ3) is 4.02. The summed E-state index contributed by atoms with van der Waals surface area (Å²) in [7, 11) is 0. The van der Waals surface area contributed by atoms with Crippen LogP contribution in [-0.2, 0) is 4.79 Å². The van der Waals surface area contributed by atoms with Crippen LogP contribution in [0.15, 0.2) is 0 Å². The molecule has 1 amide bonds. The summed E-state index contributed by atoms with van der Waals surface area (Å²) in [6.45, 7) is 5.04. The van der Waals surface area contributed by atoms with Gasteiger partial charge >= 0.3 is 6.18 Å². The topological polar surface area (TPSA) is 20.3 Å². The molecular formula is C11H18F3NO. The van der Waals surface area contributed by atoms with Crippen molar-refractivity contribution in [2.75, 3.05) is 13.1 Å². The summed E-state index contributed by atoms with van der Waals surface area (Å²) in [6, 6.07) is 0. The fourth-order valence-corrected chi connectivity index (χ4v) is 2.06. The lowest BCUT2D eigenvalue weighted by Crippen LogP contribution is -2.42. The third-order valence-corrected chi connectivity index (χ3v) is 3.11. The Morgan fingerprint density at radius 2 is 2.06 bits per heavy atom. The van der Waals surface area contributed by atoms with E-state index in [0.29, 0.717) is 24.9 Å². The molecule has 0 saturated carbocycles. The molecule has 1 heterocycles. The first-order valence-corrected chi connectivity index (χ1v) is 5.64. The number of hydrogen-bond donors (Lipinski definition) is 0. The van der Waals surface area contributed by atoms with E-state index in [1.54, 1.807) is 0 Å². The summed E-state index contributed by atoms with van der Waals surface area (Å²) >= 11 is 0. The van der Waals surface area contributed by atoms with Gasteiger partial charge in [-0.15, -0.1) is 0 Å². The van der Waals surface area contributed by atoms with E-state index in [1.807, 2.05) is 13.8 Å². The van der Waals surface area contributed by atoms with Crippen LogP contribution < -0.4 is 0 Å². The fraction of sp³-hybridized carbons (Fsp3) is 0.909. The first kappa shape index (κ1) is 13.3. The van der Waals surface area contributed by atoms with E-state index in [-0.39, 0.29) is 0 Å². The molecule has 1 saturated heterocycles. The van der Waals surface area contributed by atoms with Gasteiger partial charge in [-0.2, -0.15) is 13.2 Å². The van der Waals surface area contributed by atoms with E-state index >= 15 is 0 Å². The molecule has 0 bridgehead atoms. The van der Waals surface area contributed by atoms with Gasteiger partial charge in [0.1, 0.15) is 6.42 Å². The Morgan fingerprint density at radius 1 is 1.44 bits per heavy atom. The zero-order valence-corrected chi connectivity index (χ0v) is 9.68. The molecule has 0 aromatic heterocycles. The Labute approximate surface area is 93.8 Å². The zero-order valence-electron chi connectivity index (χ0n) is 9.68. The molecule has 0 spiro atoms. The Bertz CT molecular complexity index is 250. The summed E-state index contributed by atoms with van der Waals surface area (Å²) in [4.78, 5) is 12.8. The maximum absolute atomic E-state index is 12.1. The van der Waals surface area contributed by atoms with E-state index in [2.05, 4.69) is 0 Å². The second-order valence-electron chi connectivity index (χ2n) is 4.78. The molecule has 1 aliphatic rings. The van der Waals surface area contributed by atoms with Crippen molar-refractivity contribution >= 4 is 5.91 Å². The van der Waals surface area contributed by atoms with Gasteiger partial charge in [-0.25, -0.2) is 0 Å². The van der Waals surface area contributed by atoms with Crippen molar-refractivity contribution in [3.05, 3.63) is 0 Å². The molecule has 5 heteroatoms. The molecule has 1 aliphatic heterocycles. The zero-order chi connectivity index (χ0) is 12.3. The van der Waals surface area contributed by atoms with Crippen LogP contribution in [-0.4, -0.2) is 30.1 Å². The van der Waals surface area contributed by atoms with Crippen LogP contribution >= 0.6 is 0 Å². The highest BCUT2D eigenvalue weighted by atomic mass is 19.4. The molecular weight excluding hydrogens is 219 g/mol. The van der Waals surface area contributed by atoms with E-state index in [0.717, 1.165) is 12.8 Å². The van der Waals surface area contributed by atoms with Gasteiger partial charge in [-0.05, 0) is 24.7 Å². The highest BCUT2D eigenvalue weighted by Crippen LogP contribution is 2.26. The molecule has 0 N–H and O–H groups in total. The summed E-state index contributed by atoms with van der Waals surface area (Å²) in [5.74, 6) is -0.0229. The Hall–Kier alpha value is -0.740. The Kier molecular flexibility index (Phi) is 4.21. The molecule has 0 radical (unpaired) electrons. The van der Waals surface area contributed by atoms with Crippen molar-refractivity contribution in [2.24, 2.45) is 11.8 Å². The number of alkyl halides is 3. The lowest BCUT2D eigenvalue weighted by Gasteiger charge is -2.35. The van der Waals surface area contributed by atoms with Crippen molar-refractivity contribution in [1.29, 1.82) is 0 Å². The standard InChI is InChI=1S/C11H18F3NO/c1-8(2)9-4-3-5-15(7-9)10(16)6-11(12,13)14/h8-9H,3-7H2,1-2H3/t9-/m1/s1. The fourth-order valence-electron chi connectivity index (χ4n) is 2.06. The molecule has 1 atom stereocenters. The number of carbonyl (C=O) groups is 1. The maximum atomic E-state index is 12.1. The number of nitrogens with zero attached hydrogens (tertiary/aromatic N) is 1. The average molecular weight is 237 g/mol. The second kappa shape index (κ2) is 5.06. The van der Waals surface area contributed by atoms with Crippen LogP contribution in [0.2, 0.25) is 0 Å². The number of amides is 1. The predicted molar refractivity (Wildman–Crippen MR) is 54.8 cm³/mol. The number of carbonyl (C=O) groups excluding carboxylic acids is 1. The second-order valence-corrected chi connectivity index (χ2v) is 4.78. The average Bonchev–Trinajstić information content (AvgIpc) is 2.15. The van der Waals surface area contributed by atoms with Gasteiger partial charge in [0.2, 0.25) is 5.91 Å². The van der Waals surface area contributed by atoms with Crippen molar-refractivity contribution in [3.8, 4) is 0 Å². The van der Waals surface area contributed by atoms with E-state index in [1.165, 1.54) is 4.90 Å². The number of rotatable bonds is 2. The number of halogens is 3. The van der Waals surface area contributed by atoms with Gasteiger partial charge in [0.05, 0.1) is 0 Å². The summed E-state index contributed by atoms with van der Waals surface area (Å²) in [6.07, 6.45) is -3.89. The van der Waals surface area contributed by atoms with Gasteiger partial charge in [-0.3, -0.25) is 4.79 Å². The van der Waals surface area contributed by atoms with Crippen LogP contribution in [0.5, 0.6) is 0 Å². The molecule has 0 unspecified atom stereocenters. The number of likely N-dealkylation sites (tertiary alicyclic amines) is 1. The maximum Gasteiger partial charge on any atom is 0.397 e. The Balaban J connectivity index is 2.50. The lowest BCUT2D eigenvalue weighted by molar-refractivity contribution is -0.162. The van der Waals surface area contributed by atoms with E-state index in [9.17, 15) is 18.0 Å². The smallest absolute Gasteiger partial charge is 0.342 e. The van der Waals surface area contributed by atoms with Crippen molar-refractivity contribution in [3.63, 3.8) is 0 Å².